The molecule has 1 saturated heterocycles. The molecule has 0 aromatic heterocycles. The van der Waals surface area contributed by atoms with E-state index in [9.17, 15) is 9.59 Å². The summed E-state index contributed by atoms with van der Waals surface area (Å²) in [5, 5.41) is 5.19. The van der Waals surface area contributed by atoms with E-state index in [-0.39, 0.29) is 24.9 Å². The summed E-state index contributed by atoms with van der Waals surface area (Å²) in [4.78, 5) is 25.2. The van der Waals surface area contributed by atoms with Crippen LogP contribution in [0.2, 0.25) is 0 Å². The Hall–Kier alpha value is -1.92. The molecule has 0 saturated carbocycles. The van der Waals surface area contributed by atoms with E-state index in [2.05, 4.69) is 22.5 Å². The van der Waals surface area contributed by atoms with Gasteiger partial charge < -0.3 is 16.4 Å². The molecule has 6 heteroatoms. The van der Waals surface area contributed by atoms with Crippen LogP contribution in [0.5, 0.6) is 0 Å². The van der Waals surface area contributed by atoms with Crippen molar-refractivity contribution in [2.45, 2.75) is 26.3 Å². The molecule has 0 spiro atoms. The van der Waals surface area contributed by atoms with Gasteiger partial charge in [-0.2, -0.15) is 0 Å². The van der Waals surface area contributed by atoms with Gasteiger partial charge in [0.25, 0.3) is 0 Å². The first-order valence-electron chi connectivity index (χ1n) is 8.14. The van der Waals surface area contributed by atoms with Crippen molar-refractivity contribution in [3.05, 3.63) is 29.8 Å². The monoisotopic (exact) mass is 318 g/mol. The first-order valence-corrected chi connectivity index (χ1v) is 8.14. The largest absolute Gasteiger partial charge is 0.346 e. The maximum atomic E-state index is 11.7. The lowest BCUT2D eigenvalue weighted by atomic mass is 9.99. The first-order chi connectivity index (χ1) is 11.1. The lowest BCUT2D eigenvalue weighted by molar-refractivity contribution is -0.123. The fourth-order valence-electron chi connectivity index (χ4n) is 2.63. The van der Waals surface area contributed by atoms with E-state index in [1.807, 2.05) is 24.3 Å². The van der Waals surface area contributed by atoms with Gasteiger partial charge in [-0.1, -0.05) is 19.1 Å². The van der Waals surface area contributed by atoms with Crippen molar-refractivity contribution in [1.29, 1.82) is 0 Å². The third-order valence-electron chi connectivity index (χ3n) is 4.15. The van der Waals surface area contributed by atoms with Crippen LogP contribution in [-0.2, 0) is 16.1 Å². The van der Waals surface area contributed by atoms with Gasteiger partial charge in [0, 0.05) is 12.2 Å². The maximum absolute atomic E-state index is 11.7. The van der Waals surface area contributed by atoms with Gasteiger partial charge in [-0.05, 0) is 49.5 Å². The zero-order valence-electron chi connectivity index (χ0n) is 13.7. The van der Waals surface area contributed by atoms with Crippen molar-refractivity contribution < 1.29 is 9.59 Å². The molecule has 0 radical (unpaired) electrons. The molecule has 6 nitrogen and oxygen atoms in total. The number of nitrogens with zero attached hydrogens (tertiary/aromatic N) is 1. The molecule has 126 valence electrons. The second kappa shape index (κ2) is 8.64. The molecular formula is C17H26N4O2. The highest BCUT2D eigenvalue weighted by atomic mass is 16.2. The third-order valence-corrected chi connectivity index (χ3v) is 4.15. The van der Waals surface area contributed by atoms with E-state index < -0.39 is 0 Å². The highest BCUT2D eigenvalue weighted by Crippen LogP contribution is 2.18. The second-order valence-electron chi connectivity index (χ2n) is 6.18. The minimum Gasteiger partial charge on any atom is -0.346 e. The van der Waals surface area contributed by atoms with Crippen molar-refractivity contribution in [2.75, 3.05) is 31.5 Å². The van der Waals surface area contributed by atoms with Gasteiger partial charge in [-0.25, -0.2) is 0 Å². The molecule has 0 unspecified atom stereocenters. The number of amides is 2. The van der Waals surface area contributed by atoms with Crippen LogP contribution in [0, 0.1) is 5.92 Å². The number of hydrogen-bond donors (Lipinski definition) is 3. The van der Waals surface area contributed by atoms with Crippen LogP contribution in [0.25, 0.3) is 0 Å². The quantitative estimate of drug-likeness (QED) is 0.728. The highest BCUT2D eigenvalue weighted by Gasteiger charge is 2.15. The van der Waals surface area contributed by atoms with Crippen molar-refractivity contribution in [3.8, 4) is 0 Å². The number of anilines is 1. The predicted molar refractivity (Wildman–Crippen MR) is 90.8 cm³/mol. The summed E-state index contributed by atoms with van der Waals surface area (Å²) in [6.07, 6.45) is 2.53. The van der Waals surface area contributed by atoms with Crippen molar-refractivity contribution in [3.63, 3.8) is 0 Å². The van der Waals surface area contributed by atoms with Gasteiger partial charge >= 0.3 is 0 Å². The van der Waals surface area contributed by atoms with Crippen molar-refractivity contribution in [2.24, 2.45) is 11.7 Å². The average Bonchev–Trinajstić information content (AvgIpc) is 2.56. The van der Waals surface area contributed by atoms with Gasteiger partial charge in [-0.15, -0.1) is 0 Å². The van der Waals surface area contributed by atoms with Crippen LogP contribution >= 0.6 is 0 Å². The van der Waals surface area contributed by atoms with Gasteiger partial charge in [-0.3, -0.25) is 14.5 Å². The van der Waals surface area contributed by atoms with E-state index in [0.29, 0.717) is 0 Å². The summed E-state index contributed by atoms with van der Waals surface area (Å²) < 4.78 is 0. The fourth-order valence-corrected chi connectivity index (χ4v) is 2.63. The molecule has 1 aliphatic heterocycles. The zero-order chi connectivity index (χ0) is 16.7. The molecule has 0 bridgehead atoms. The summed E-state index contributed by atoms with van der Waals surface area (Å²) in [5.74, 6) is 0.236. The van der Waals surface area contributed by atoms with Crippen LogP contribution in [0.4, 0.5) is 5.69 Å². The molecule has 0 atom stereocenters. The highest BCUT2D eigenvalue weighted by molar-refractivity contribution is 5.94. The van der Waals surface area contributed by atoms with Gasteiger partial charge in [0.05, 0.1) is 13.1 Å². The minimum atomic E-state index is -0.341. The first kappa shape index (κ1) is 17.4. The number of rotatable bonds is 6. The topological polar surface area (TPSA) is 87.5 Å². The number of carbonyl (C=O) groups excluding carboxylic acids is 2. The molecule has 1 aromatic rings. The minimum absolute atomic E-state index is 0.0657. The van der Waals surface area contributed by atoms with Gasteiger partial charge in [0.1, 0.15) is 0 Å². The lowest BCUT2D eigenvalue weighted by Gasteiger charge is -2.30. The molecule has 2 amide bonds. The molecule has 1 aliphatic rings. The lowest BCUT2D eigenvalue weighted by Crippen LogP contribution is -2.36. The van der Waals surface area contributed by atoms with Crippen molar-refractivity contribution >= 4 is 17.5 Å². The van der Waals surface area contributed by atoms with Crippen LogP contribution in [0.15, 0.2) is 24.3 Å². The summed E-state index contributed by atoms with van der Waals surface area (Å²) >= 11 is 0. The Kier molecular flexibility index (Phi) is 6.55. The summed E-state index contributed by atoms with van der Waals surface area (Å²) in [6, 6.07) is 7.85. The van der Waals surface area contributed by atoms with E-state index in [0.717, 1.165) is 31.2 Å². The number of piperidine rings is 1. The molecule has 1 aromatic carbocycles. The van der Waals surface area contributed by atoms with E-state index >= 15 is 0 Å². The molecular weight excluding hydrogens is 292 g/mol. The fraction of sp³-hybridized carbons (Fsp3) is 0.529. The van der Waals surface area contributed by atoms with Crippen LogP contribution in [0.1, 0.15) is 25.3 Å². The van der Waals surface area contributed by atoms with Crippen LogP contribution < -0.4 is 16.4 Å². The number of likely N-dealkylation sites (tertiary alicyclic amines) is 1. The van der Waals surface area contributed by atoms with Crippen LogP contribution in [-0.4, -0.2) is 42.9 Å². The molecule has 2 rings (SSSR count). The Labute approximate surface area is 137 Å². The number of benzene rings is 1. The zero-order valence-corrected chi connectivity index (χ0v) is 13.7. The number of hydrogen-bond acceptors (Lipinski definition) is 4. The average molecular weight is 318 g/mol. The normalized spacial score (nSPS) is 16.1. The van der Waals surface area contributed by atoms with E-state index in [4.69, 9.17) is 5.73 Å². The molecule has 1 fully saturated rings. The summed E-state index contributed by atoms with van der Waals surface area (Å²) in [5.41, 5.74) is 7.14. The second-order valence-corrected chi connectivity index (χ2v) is 6.18. The molecule has 0 aliphatic carbocycles. The standard InChI is InChI=1S/C17H26N4O2/c1-13-6-8-21(9-7-13)12-14-2-4-15(5-3-14)20-17(23)11-19-16(22)10-18/h2-5,13H,6-12,18H2,1H3,(H,19,22)(H,20,23). The Morgan fingerprint density at radius 3 is 2.43 bits per heavy atom. The number of carbonyl (C=O) groups is 2. The summed E-state index contributed by atoms with van der Waals surface area (Å²) in [6.45, 7) is 5.39. The van der Waals surface area contributed by atoms with Crippen LogP contribution in [0.3, 0.4) is 0 Å². The maximum Gasteiger partial charge on any atom is 0.243 e. The molecule has 23 heavy (non-hydrogen) atoms. The Balaban J connectivity index is 1.77. The Morgan fingerprint density at radius 1 is 1.17 bits per heavy atom. The Bertz CT molecular complexity index is 522. The van der Waals surface area contributed by atoms with Gasteiger partial charge in [0.15, 0.2) is 0 Å². The smallest absolute Gasteiger partial charge is 0.243 e. The number of nitrogens with two attached hydrogens (primary N) is 1. The van der Waals surface area contributed by atoms with Crippen molar-refractivity contribution in [1.82, 2.24) is 10.2 Å². The predicted octanol–water partition coefficient (Wildman–Crippen LogP) is 0.932. The third kappa shape index (κ3) is 6.00. The molecule has 4 N–H and O–H groups in total. The number of nitrogens with one attached hydrogen (secondary N) is 2. The summed E-state index contributed by atoms with van der Waals surface area (Å²) in [7, 11) is 0. The van der Waals surface area contributed by atoms with E-state index in [1.165, 1.54) is 18.4 Å². The SMILES string of the molecule is CC1CCN(Cc2ccc(NC(=O)CNC(=O)CN)cc2)CC1. The molecule has 1 heterocycles. The van der Waals surface area contributed by atoms with Gasteiger partial charge in [0.2, 0.25) is 11.8 Å². The van der Waals surface area contributed by atoms with E-state index in [1.54, 1.807) is 0 Å². The Morgan fingerprint density at radius 2 is 1.83 bits per heavy atom.